The molecule has 7 nitrogen and oxygen atoms in total. The molecule has 1 aromatic heterocycles. The van der Waals surface area contributed by atoms with Gasteiger partial charge in [-0.1, -0.05) is 6.07 Å². The second kappa shape index (κ2) is 7.19. The fourth-order valence-corrected chi connectivity index (χ4v) is 3.18. The van der Waals surface area contributed by atoms with Gasteiger partial charge in [0.25, 0.3) is 5.91 Å². The SMILES string of the molecule is Cc1cnc(OC2CCN(C(=O)c3cccc4c3OCCO4)CC2)nc1. The van der Waals surface area contributed by atoms with Crippen molar-refractivity contribution in [2.45, 2.75) is 25.9 Å². The van der Waals surface area contributed by atoms with Crippen LogP contribution < -0.4 is 14.2 Å². The lowest BCUT2D eigenvalue weighted by molar-refractivity contribution is 0.0570. The maximum atomic E-state index is 12.9. The number of carbonyl (C=O) groups is 1. The Morgan fingerprint density at radius 2 is 1.88 bits per heavy atom. The van der Waals surface area contributed by atoms with Gasteiger partial charge in [-0.2, -0.15) is 0 Å². The third kappa shape index (κ3) is 3.42. The van der Waals surface area contributed by atoms with E-state index in [2.05, 4.69) is 9.97 Å². The molecule has 0 unspecified atom stereocenters. The summed E-state index contributed by atoms with van der Waals surface area (Å²) in [6.45, 7) is 4.16. The van der Waals surface area contributed by atoms with Crippen molar-refractivity contribution in [3.63, 3.8) is 0 Å². The number of hydrogen-bond acceptors (Lipinski definition) is 6. The molecular formula is C19H21N3O4. The van der Waals surface area contributed by atoms with Gasteiger partial charge < -0.3 is 19.1 Å². The minimum absolute atomic E-state index is 0.0195. The van der Waals surface area contributed by atoms with Crippen LogP contribution in [0.25, 0.3) is 0 Å². The zero-order chi connectivity index (χ0) is 17.9. The summed E-state index contributed by atoms with van der Waals surface area (Å²) >= 11 is 0. The van der Waals surface area contributed by atoms with Gasteiger partial charge in [0.2, 0.25) is 0 Å². The second-order valence-corrected chi connectivity index (χ2v) is 6.48. The van der Waals surface area contributed by atoms with Crippen LogP contribution in [0.5, 0.6) is 17.5 Å². The summed E-state index contributed by atoms with van der Waals surface area (Å²) in [7, 11) is 0. The first kappa shape index (κ1) is 16.6. The average Bonchev–Trinajstić information content (AvgIpc) is 2.69. The van der Waals surface area contributed by atoms with E-state index in [0.29, 0.717) is 49.4 Å². The normalized spacial score (nSPS) is 17.0. The van der Waals surface area contributed by atoms with E-state index in [9.17, 15) is 4.79 Å². The van der Waals surface area contributed by atoms with Gasteiger partial charge in [-0.3, -0.25) is 4.79 Å². The van der Waals surface area contributed by atoms with Gasteiger partial charge in [0.1, 0.15) is 19.3 Å². The van der Waals surface area contributed by atoms with Gasteiger partial charge in [-0.25, -0.2) is 9.97 Å². The molecule has 0 radical (unpaired) electrons. The van der Waals surface area contributed by atoms with E-state index in [-0.39, 0.29) is 12.0 Å². The number of ether oxygens (including phenoxy) is 3. The molecule has 2 aromatic rings. The van der Waals surface area contributed by atoms with Crippen LogP contribution in [-0.2, 0) is 0 Å². The number of likely N-dealkylation sites (tertiary alicyclic amines) is 1. The van der Waals surface area contributed by atoms with Crippen molar-refractivity contribution in [1.29, 1.82) is 0 Å². The summed E-state index contributed by atoms with van der Waals surface area (Å²) in [6.07, 6.45) is 4.99. The van der Waals surface area contributed by atoms with E-state index in [4.69, 9.17) is 14.2 Å². The topological polar surface area (TPSA) is 73.8 Å². The van der Waals surface area contributed by atoms with Crippen molar-refractivity contribution in [1.82, 2.24) is 14.9 Å². The Hall–Kier alpha value is -2.83. The van der Waals surface area contributed by atoms with Crippen LogP contribution in [0.15, 0.2) is 30.6 Å². The molecule has 136 valence electrons. The summed E-state index contributed by atoms with van der Waals surface area (Å²) in [5, 5.41) is 0. The Kier molecular flexibility index (Phi) is 4.60. The largest absolute Gasteiger partial charge is 0.486 e. The highest BCUT2D eigenvalue weighted by atomic mass is 16.6. The quantitative estimate of drug-likeness (QED) is 0.841. The van der Waals surface area contributed by atoms with Gasteiger partial charge in [0.15, 0.2) is 11.5 Å². The zero-order valence-electron chi connectivity index (χ0n) is 14.7. The van der Waals surface area contributed by atoms with Crippen LogP contribution in [0.4, 0.5) is 0 Å². The molecule has 4 rings (SSSR count). The Balaban J connectivity index is 1.39. The van der Waals surface area contributed by atoms with Crippen LogP contribution in [0, 0.1) is 6.92 Å². The number of benzene rings is 1. The van der Waals surface area contributed by atoms with E-state index >= 15 is 0 Å². The standard InChI is InChI=1S/C19H21N3O4/c1-13-11-20-19(21-12-13)26-14-5-7-22(8-6-14)18(23)15-3-2-4-16-17(15)25-10-9-24-16/h2-4,11-12,14H,5-10H2,1H3. The molecule has 0 N–H and O–H groups in total. The fourth-order valence-electron chi connectivity index (χ4n) is 3.18. The molecule has 1 aromatic carbocycles. The van der Waals surface area contributed by atoms with Crippen molar-refractivity contribution in [2.24, 2.45) is 0 Å². The average molecular weight is 355 g/mol. The molecule has 2 aliphatic rings. The Bertz CT molecular complexity index is 786. The van der Waals surface area contributed by atoms with Crippen molar-refractivity contribution >= 4 is 5.91 Å². The summed E-state index contributed by atoms with van der Waals surface area (Å²) in [5.41, 5.74) is 1.55. The van der Waals surface area contributed by atoms with Gasteiger partial charge in [0, 0.05) is 38.3 Å². The number of carbonyl (C=O) groups excluding carboxylic acids is 1. The van der Waals surface area contributed by atoms with Crippen LogP contribution in [0.2, 0.25) is 0 Å². The molecular weight excluding hydrogens is 334 g/mol. The summed E-state index contributed by atoms with van der Waals surface area (Å²) < 4.78 is 17.1. The molecule has 1 fully saturated rings. The van der Waals surface area contributed by atoms with Gasteiger partial charge in [-0.05, 0) is 24.6 Å². The highest BCUT2D eigenvalue weighted by Crippen LogP contribution is 2.34. The molecule has 0 atom stereocenters. The number of aryl methyl sites for hydroxylation is 1. The predicted octanol–water partition coefficient (Wildman–Crippen LogP) is 2.24. The molecule has 1 amide bonds. The number of para-hydroxylation sites is 1. The van der Waals surface area contributed by atoms with Gasteiger partial charge in [0.05, 0.1) is 5.56 Å². The summed E-state index contributed by atoms with van der Waals surface area (Å²) in [4.78, 5) is 23.1. The van der Waals surface area contributed by atoms with E-state index in [1.165, 1.54) is 0 Å². The fraction of sp³-hybridized carbons (Fsp3) is 0.421. The number of hydrogen-bond donors (Lipinski definition) is 0. The first-order valence-corrected chi connectivity index (χ1v) is 8.84. The van der Waals surface area contributed by atoms with E-state index in [1.54, 1.807) is 18.5 Å². The lowest BCUT2D eigenvalue weighted by Gasteiger charge is -2.32. The molecule has 0 saturated carbocycles. The third-order valence-electron chi connectivity index (χ3n) is 4.56. The van der Waals surface area contributed by atoms with Gasteiger partial charge in [-0.15, -0.1) is 0 Å². The maximum absolute atomic E-state index is 12.9. The maximum Gasteiger partial charge on any atom is 0.316 e. The third-order valence-corrected chi connectivity index (χ3v) is 4.56. The smallest absolute Gasteiger partial charge is 0.316 e. The van der Waals surface area contributed by atoms with Crippen molar-refractivity contribution in [3.05, 3.63) is 41.7 Å². The number of nitrogens with zero attached hydrogens (tertiary/aromatic N) is 3. The number of aromatic nitrogens is 2. The molecule has 0 aliphatic carbocycles. The highest BCUT2D eigenvalue weighted by molar-refractivity contribution is 5.98. The van der Waals surface area contributed by atoms with Crippen LogP contribution in [0.1, 0.15) is 28.8 Å². The number of amides is 1. The monoisotopic (exact) mass is 355 g/mol. The second-order valence-electron chi connectivity index (χ2n) is 6.48. The first-order valence-electron chi connectivity index (χ1n) is 8.84. The van der Waals surface area contributed by atoms with Crippen LogP contribution in [-0.4, -0.2) is 53.2 Å². The predicted molar refractivity (Wildman–Crippen MR) is 93.8 cm³/mol. The lowest BCUT2D eigenvalue weighted by Crippen LogP contribution is -2.42. The minimum Gasteiger partial charge on any atom is -0.486 e. The van der Waals surface area contributed by atoms with Crippen LogP contribution >= 0.6 is 0 Å². The number of fused-ring (bicyclic) bond motifs is 1. The van der Waals surface area contributed by atoms with E-state index in [1.807, 2.05) is 24.0 Å². The molecule has 3 heterocycles. The number of rotatable bonds is 3. The molecule has 1 saturated heterocycles. The highest BCUT2D eigenvalue weighted by Gasteiger charge is 2.28. The molecule has 26 heavy (non-hydrogen) atoms. The Morgan fingerprint density at radius 3 is 2.65 bits per heavy atom. The molecule has 2 aliphatic heterocycles. The Morgan fingerprint density at radius 1 is 1.15 bits per heavy atom. The Labute approximate surface area is 151 Å². The lowest BCUT2D eigenvalue weighted by atomic mass is 10.1. The van der Waals surface area contributed by atoms with Crippen molar-refractivity contribution in [3.8, 4) is 17.5 Å². The zero-order valence-corrected chi connectivity index (χ0v) is 14.7. The summed E-state index contributed by atoms with van der Waals surface area (Å²) in [5.74, 6) is 1.16. The van der Waals surface area contributed by atoms with E-state index in [0.717, 1.165) is 18.4 Å². The van der Waals surface area contributed by atoms with E-state index < -0.39 is 0 Å². The van der Waals surface area contributed by atoms with Crippen molar-refractivity contribution in [2.75, 3.05) is 26.3 Å². The number of piperidine rings is 1. The summed E-state index contributed by atoms with van der Waals surface area (Å²) in [6, 6.07) is 5.83. The molecule has 0 spiro atoms. The van der Waals surface area contributed by atoms with Crippen molar-refractivity contribution < 1.29 is 19.0 Å². The van der Waals surface area contributed by atoms with Gasteiger partial charge >= 0.3 is 6.01 Å². The van der Waals surface area contributed by atoms with Crippen LogP contribution in [0.3, 0.4) is 0 Å². The first-order chi connectivity index (χ1) is 12.7. The minimum atomic E-state index is -0.0302. The molecule has 7 heteroatoms. The molecule has 0 bridgehead atoms.